The molecule has 0 aliphatic heterocycles. The van der Waals surface area contributed by atoms with Gasteiger partial charge in [-0.25, -0.2) is 4.79 Å². The number of hydrogen-bond donors (Lipinski definition) is 1. The number of carbonyl (C=O) groups is 2. The lowest BCUT2D eigenvalue weighted by molar-refractivity contribution is -0.274. The number of hydrogen-bond acceptors (Lipinski definition) is 3. The number of halogens is 3. The number of amides is 1. The SMILES string of the molecule is CC(C)(C)c1ccc(CN(C(=O)C(=O)O)c2ccc(-c3ccc(OC(F)(F)F)cc3)cc2)cc1. The standard InChI is InChI=1S/C26H24F3NO4/c1-25(2,3)20-10-4-17(5-11-20)16-30(23(31)24(32)33)21-12-6-18(7-13-21)19-8-14-22(15-9-19)34-26(27,28)29/h4-15H,16H2,1-3H3,(H,32,33). The molecule has 0 bridgehead atoms. The maximum atomic E-state index is 12.4. The molecule has 0 fully saturated rings. The average Bonchev–Trinajstić information content (AvgIpc) is 2.76. The largest absolute Gasteiger partial charge is 0.573 e. The highest BCUT2D eigenvalue weighted by molar-refractivity contribution is 6.37. The molecule has 0 aliphatic rings. The van der Waals surface area contributed by atoms with Crippen molar-refractivity contribution in [1.29, 1.82) is 0 Å². The molecule has 0 saturated carbocycles. The normalized spacial score (nSPS) is 11.7. The molecular formula is C26H24F3NO4. The molecule has 0 aromatic heterocycles. The zero-order chi connectivity index (χ0) is 25.1. The molecule has 0 heterocycles. The summed E-state index contributed by atoms with van der Waals surface area (Å²) in [5, 5.41) is 9.30. The predicted molar refractivity (Wildman–Crippen MR) is 123 cm³/mol. The highest BCUT2D eigenvalue weighted by atomic mass is 19.4. The molecule has 1 amide bonds. The van der Waals surface area contributed by atoms with Gasteiger partial charge in [0.05, 0.1) is 6.54 Å². The summed E-state index contributed by atoms with van der Waals surface area (Å²) in [4.78, 5) is 25.0. The summed E-state index contributed by atoms with van der Waals surface area (Å²) in [6, 6.07) is 19.5. The van der Waals surface area contributed by atoms with Crippen LogP contribution >= 0.6 is 0 Å². The third-order valence-electron chi connectivity index (χ3n) is 5.19. The lowest BCUT2D eigenvalue weighted by atomic mass is 9.87. The summed E-state index contributed by atoms with van der Waals surface area (Å²) >= 11 is 0. The highest BCUT2D eigenvalue weighted by Crippen LogP contribution is 2.29. The Kier molecular flexibility index (Phi) is 7.00. The lowest BCUT2D eigenvalue weighted by Crippen LogP contribution is -2.36. The summed E-state index contributed by atoms with van der Waals surface area (Å²) in [5.41, 5.74) is 3.54. The number of anilines is 1. The zero-order valence-electron chi connectivity index (χ0n) is 18.9. The van der Waals surface area contributed by atoms with Crippen molar-refractivity contribution in [3.63, 3.8) is 0 Å². The molecule has 5 nitrogen and oxygen atoms in total. The Hall–Kier alpha value is -3.81. The van der Waals surface area contributed by atoms with E-state index in [1.54, 1.807) is 24.3 Å². The summed E-state index contributed by atoms with van der Waals surface area (Å²) in [5.74, 6) is -2.97. The molecule has 8 heteroatoms. The quantitative estimate of drug-likeness (QED) is 0.452. The van der Waals surface area contributed by atoms with Gasteiger partial charge in [0.2, 0.25) is 0 Å². The topological polar surface area (TPSA) is 66.8 Å². The van der Waals surface area contributed by atoms with Crippen molar-refractivity contribution in [3.05, 3.63) is 83.9 Å². The Balaban J connectivity index is 1.82. The number of aliphatic carboxylic acids is 1. The van der Waals surface area contributed by atoms with Crippen molar-refractivity contribution < 1.29 is 32.6 Å². The maximum absolute atomic E-state index is 12.4. The van der Waals surface area contributed by atoms with Gasteiger partial charge in [-0.15, -0.1) is 13.2 Å². The van der Waals surface area contributed by atoms with Gasteiger partial charge in [-0.05, 0) is 51.9 Å². The number of carboxylic acid groups (broad SMARTS) is 1. The molecule has 0 radical (unpaired) electrons. The number of ether oxygens (including phenoxy) is 1. The Labute approximate surface area is 195 Å². The summed E-state index contributed by atoms with van der Waals surface area (Å²) < 4.78 is 40.9. The van der Waals surface area contributed by atoms with E-state index in [1.807, 2.05) is 24.3 Å². The Morgan fingerprint density at radius 3 is 1.76 bits per heavy atom. The summed E-state index contributed by atoms with van der Waals surface area (Å²) in [6.45, 7) is 6.32. The van der Waals surface area contributed by atoms with E-state index >= 15 is 0 Å². The second-order valence-corrected chi connectivity index (χ2v) is 8.76. The molecule has 0 saturated heterocycles. The van der Waals surface area contributed by atoms with Gasteiger partial charge in [0, 0.05) is 5.69 Å². The number of alkyl halides is 3. The minimum absolute atomic E-state index is 0.0397. The van der Waals surface area contributed by atoms with E-state index in [2.05, 4.69) is 25.5 Å². The molecule has 3 rings (SSSR count). The summed E-state index contributed by atoms with van der Waals surface area (Å²) in [7, 11) is 0. The first-order valence-corrected chi connectivity index (χ1v) is 10.4. The molecule has 34 heavy (non-hydrogen) atoms. The minimum atomic E-state index is -4.77. The van der Waals surface area contributed by atoms with E-state index in [0.717, 1.165) is 11.1 Å². The van der Waals surface area contributed by atoms with Crippen LogP contribution in [0, 0.1) is 0 Å². The van der Waals surface area contributed by atoms with Crippen molar-refractivity contribution in [3.8, 4) is 16.9 Å². The third-order valence-corrected chi connectivity index (χ3v) is 5.19. The van der Waals surface area contributed by atoms with Gasteiger partial charge in [-0.3, -0.25) is 9.69 Å². The van der Waals surface area contributed by atoms with Gasteiger partial charge in [0.15, 0.2) is 0 Å². The first kappa shape index (κ1) is 24.8. The Bertz CT molecular complexity index is 1150. The number of carboxylic acids is 1. The fourth-order valence-corrected chi connectivity index (χ4v) is 3.37. The zero-order valence-corrected chi connectivity index (χ0v) is 18.9. The number of nitrogens with zero attached hydrogens (tertiary/aromatic N) is 1. The first-order chi connectivity index (χ1) is 15.8. The van der Waals surface area contributed by atoms with Crippen LogP contribution in [0.15, 0.2) is 72.8 Å². The van der Waals surface area contributed by atoms with Crippen molar-refractivity contribution in [2.24, 2.45) is 0 Å². The second-order valence-electron chi connectivity index (χ2n) is 8.76. The molecule has 1 N–H and O–H groups in total. The maximum Gasteiger partial charge on any atom is 0.573 e. The highest BCUT2D eigenvalue weighted by Gasteiger charge is 2.31. The Morgan fingerprint density at radius 1 is 0.824 bits per heavy atom. The van der Waals surface area contributed by atoms with Crippen molar-refractivity contribution in [1.82, 2.24) is 0 Å². The predicted octanol–water partition coefficient (Wildman–Crippen LogP) is 6.17. The minimum Gasteiger partial charge on any atom is -0.474 e. The van der Waals surface area contributed by atoms with Crippen LogP contribution in [0.3, 0.4) is 0 Å². The van der Waals surface area contributed by atoms with Gasteiger partial charge in [-0.1, -0.05) is 69.3 Å². The van der Waals surface area contributed by atoms with Gasteiger partial charge in [0.1, 0.15) is 5.75 Å². The molecule has 0 unspecified atom stereocenters. The van der Waals surface area contributed by atoms with Crippen molar-refractivity contribution in [2.75, 3.05) is 4.90 Å². The van der Waals surface area contributed by atoms with Gasteiger partial charge in [0.25, 0.3) is 0 Å². The van der Waals surface area contributed by atoms with Crippen LogP contribution in [0.4, 0.5) is 18.9 Å². The van der Waals surface area contributed by atoms with E-state index in [9.17, 15) is 27.9 Å². The van der Waals surface area contributed by atoms with Crippen molar-refractivity contribution in [2.45, 2.75) is 39.1 Å². The summed E-state index contributed by atoms with van der Waals surface area (Å²) in [6.07, 6.45) is -4.77. The van der Waals surface area contributed by atoms with E-state index in [0.29, 0.717) is 16.8 Å². The average molecular weight is 471 g/mol. The molecule has 0 aliphatic carbocycles. The second kappa shape index (κ2) is 9.59. The monoisotopic (exact) mass is 471 g/mol. The van der Waals surface area contributed by atoms with Crippen LogP contribution < -0.4 is 9.64 Å². The van der Waals surface area contributed by atoms with E-state index < -0.39 is 18.2 Å². The van der Waals surface area contributed by atoms with Crippen LogP contribution in [0.2, 0.25) is 0 Å². The first-order valence-electron chi connectivity index (χ1n) is 10.4. The molecule has 3 aromatic carbocycles. The smallest absolute Gasteiger partial charge is 0.474 e. The van der Waals surface area contributed by atoms with Crippen LogP contribution in [0.1, 0.15) is 31.9 Å². The van der Waals surface area contributed by atoms with E-state index in [1.165, 1.54) is 29.2 Å². The molecule has 178 valence electrons. The molecule has 0 atom stereocenters. The van der Waals surface area contributed by atoms with E-state index in [4.69, 9.17) is 0 Å². The van der Waals surface area contributed by atoms with Crippen LogP contribution in [0.25, 0.3) is 11.1 Å². The number of rotatable bonds is 5. The number of carbonyl (C=O) groups excluding carboxylic acids is 1. The third kappa shape index (κ3) is 6.37. The lowest BCUT2D eigenvalue weighted by Gasteiger charge is -2.23. The molecule has 0 spiro atoms. The van der Waals surface area contributed by atoms with Crippen molar-refractivity contribution >= 4 is 17.6 Å². The Morgan fingerprint density at radius 2 is 1.32 bits per heavy atom. The van der Waals surface area contributed by atoms with Gasteiger partial charge in [-0.2, -0.15) is 0 Å². The fourth-order valence-electron chi connectivity index (χ4n) is 3.37. The fraction of sp³-hybridized carbons (Fsp3) is 0.231. The number of benzene rings is 3. The van der Waals surface area contributed by atoms with Gasteiger partial charge >= 0.3 is 18.2 Å². The van der Waals surface area contributed by atoms with Crippen LogP contribution in [0.5, 0.6) is 5.75 Å². The van der Waals surface area contributed by atoms with Gasteiger partial charge < -0.3 is 9.84 Å². The van der Waals surface area contributed by atoms with Crippen LogP contribution in [-0.2, 0) is 21.5 Å². The van der Waals surface area contributed by atoms with E-state index in [-0.39, 0.29) is 17.7 Å². The van der Waals surface area contributed by atoms with Crippen LogP contribution in [-0.4, -0.2) is 23.3 Å². The molecular weight excluding hydrogens is 447 g/mol. The molecule has 3 aromatic rings.